The first-order valence-corrected chi connectivity index (χ1v) is 3.96. The smallest absolute Gasteiger partial charge is 0.0484 e. The van der Waals surface area contributed by atoms with Crippen molar-refractivity contribution in [3.63, 3.8) is 0 Å². The van der Waals surface area contributed by atoms with Crippen LogP contribution in [0, 0.1) is 19.3 Å². The minimum Gasteiger partial charge on any atom is -0.398 e. The number of terminal acetylenes is 1. The van der Waals surface area contributed by atoms with Gasteiger partial charge in [0.25, 0.3) is 0 Å². The Bertz CT molecular complexity index is 323. The predicted molar refractivity (Wildman–Crippen MR) is 51.2 cm³/mol. The van der Waals surface area contributed by atoms with Crippen LogP contribution >= 0.6 is 15.9 Å². The van der Waals surface area contributed by atoms with Gasteiger partial charge in [-0.15, -0.1) is 6.42 Å². The minimum atomic E-state index is 0.643. The molecule has 2 heteroatoms. The number of anilines is 1. The van der Waals surface area contributed by atoms with E-state index in [2.05, 4.69) is 21.9 Å². The SMILES string of the molecule is C#Cc1cc(C)c(Br)cc1N. The Balaban J connectivity index is 3.35. The summed E-state index contributed by atoms with van der Waals surface area (Å²) in [7, 11) is 0. The van der Waals surface area contributed by atoms with Gasteiger partial charge in [0.05, 0.1) is 0 Å². The Labute approximate surface area is 74.7 Å². The van der Waals surface area contributed by atoms with Crippen molar-refractivity contribution in [3.05, 3.63) is 27.7 Å². The van der Waals surface area contributed by atoms with Crippen LogP contribution in [0.4, 0.5) is 5.69 Å². The second-order valence-electron chi connectivity index (χ2n) is 2.33. The molecule has 1 aromatic rings. The van der Waals surface area contributed by atoms with Crippen LogP contribution in [0.15, 0.2) is 16.6 Å². The van der Waals surface area contributed by atoms with Crippen LogP contribution in [0.3, 0.4) is 0 Å². The van der Waals surface area contributed by atoms with Crippen molar-refractivity contribution >= 4 is 21.6 Å². The summed E-state index contributed by atoms with van der Waals surface area (Å²) in [4.78, 5) is 0. The zero-order valence-electron chi connectivity index (χ0n) is 6.19. The van der Waals surface area contributed by atoms with E-state index >= 15 is 0 Å². The third-order valence-electron chi connectivity index (χ3n) is 1.49. The molecule has 1 aromatic carbocycles. The number of nitrogens with two attached hydrogens (primary N) is 1. The predicted octanol–water partition coefficient (Wildman–Crippen LogP) is 2.32. The van der Waals surface area contributed by atoms with E-state index in [-0.39, 0.29) is 0 Å². The summed E-state index contributed by atoms with van der Waals surface area (Å²) in [6, 6.07) is 3.71. The van der Waals surface area contributed by atoms with Crippen molar-refractivity contribution in [1.29, 1.82) is 0 Å². The molecular weight excluding hydrogens is 202 g/mol. The molecule has 0 aliphatic rings. The Hall–Kier alpha value is -0.940. The Kier molecular flexibility index (Phi) is 2.21. The molecule has 0 saturated carbocycles. The average molecular weight is 210 g/mol. The van der Waals surface area contributed by atoms with Crippen molar-refractivity contribution in [2.24, 2.45) is 0 Å². The highest BCUT2D eigenvalue weighted by Crippen LogP contribution is 2.22. The van der Waals surface area contributed by atoms with Gasteiger partial charge in [0, 0.05) is 15.7 Å². The van der Waals surface area contributed by atoms with Gasteiger partial charge in [-0.1, -0.05) is 21.9 Å². The van der Waals surface area contributed by atoms with Gasteiger partial charge in [0.1, 0.15) is 0 Å². The van der Waals surface area contributed by atoms with Crippen molar-refractivity contribution in [1.82, 2.24) is 0 Å². The molecule has 0 aromatic heterocycles. The van der Waals surface area contributed by atoms with Crippen molar-refractivity contribution < 1.29 is 0 Å². The first kappa shape index (κ1) is 8.16. The summed E-state index contributed by atoms with van der Waals surface area (Å²) in [5, 5.41) is 0. The van der Waals surface area contributed by atoms with E-state index in [9.17, 15) is 0 Å². The molecule has 0 fully saturated rings. The van der Waals surface area contributed by atoms with E-state index in [0.717, 1.165) is 15.6 Å². The number of hydrogen-bond donors (Lipinski definition) is 1. The second kappa shape index (κ2) is 2.98. The lowest BCUT2D eigenvalue weighted by Gasteiger charge is -2.02. The fraction of sp³-hybridized carbons (Fsp3) is 0.111. The molecule has 1 nitrogen and oxygen atoms in total. The molecule has 0 saturated heterocycles. The zero-order valence-corrected chi connectivity index (χ0v) is 7.77. The van der Waals surface area contributed by atoms with E-state index in [1.807, 2.05) is 19.1 Å². The molecular formula is C9H8BrN. The van der Waals surface area contributed by atoms with Crippen molar-refractivity contribution in [2.75, 3.05) is 5.73 Å². The number of rotatable bonds is 0. The number of nitrogen functional groups attached to an aromatic ring is 1. The lowest BCUT2D eigenvalue weighted by Crippen LogP contribution is -1.91. The summed E-state index contributed by atoms with van der Waals surface area (Å²) in [5.74, 6) is 2.52. The van der Waals surface area contributed by atoms with Gasteiger partial charge in [-0.3, -0.25) is 0 Å². The molecule has 11 heavy (non-hydrogen) atoms. The van der Waals surface area contributed by atoms with Crippen LogP contribution in [0.1, 0.15) is 11.1 Å². The monoisotopic (exact) mass is 209 g/mol. The molecule has 56 valence electrons. The third kappa shape index (κ3) is 1.55. The van der Waals surface area contributed by atoms with E-state index in [1.165, 1.54) is 0 Å². The molecule has 2 N–H and O–H groups in total. The van der Waals surface area contributed by atoms with Gasteiger partial charge >= 0.3 is 0 Å². The number of benzene rings is 1. The van der Waals surface area contributed by atoms with Crippen molar-refractivity contribution in [2.45, 2.75) is 6.92 Å². The van der Waals surface area contributed by atoms with Gasteiger partial charge in [-0.25, -0.2) is 0 Å². The minimum absolute atomic E-state index is 0.643. The molecule has 1 rings (SSSR count). The van der Waals surface area contributed by atoms with E-state index in [4.69, 9.17) is 12.2 Å². The van der Waals surface area contributed by atoms with Gasteiger partial charge < -0.3 is 5.73 Å². The molecule has 0 heterocycles. The Morgan fingerprint density at radius 3 is 2.73 bits per heavy atom. The van der Waals surface area contributed by atoms with Crippen LogP contribution < -0.4 is 5.73 Å². The van der Waals surface area contributed by atoms with Gasteiger partial charge in [0.15, 0.2) is 0 Å². The molecule has 0 radical (unpaired) electrons. The zero-order chi connectivity index (χ0) is 8.43. The van der Waals surface area contributed by atoms with Crippen LogP contribution in [-0.4, -0.2) is 0 Å². The fourth-order valence-electron chi connectivity index (χ4n) is 0.822. The summed E-state index contributed by atoms with van der Waals surface area (Å²) >= 11 is 3.36. The highest BCUT2D eigenvalue weighted by molar-refractivity contribution is 9.10. The first-order chi connectivity index (χ1) is 5.15. The summed E-state index contributed by atoms with van der Waals surface area (Å²) < 4.78 is 0.994. The highest BCUT2D eigenvalue weighted by atomic mass is 79.9. The quantitative estimate of drug-likeness (QED) is 0.516. The number of halogens is 1. The second-order valence-corrected chi connectivity index (χ2v) is 3.19. The van der Waals surface area contributed by atoms with E-state index in [1.54, 1.807) is 0 Å². The van der Waals surface area contributed by atoms with Crippen LogP contribution in [0.2, 0.25) is 0 Å². The normalized spacial score (nSPS) is 9.18. The standard InChI is InChI=1S/C9H8BrN/c1-3-7-4-6(2)8(10)5-9(7)11/h1,4-5H,11H2,2H3. The van der Waals surface area contributed by atoms with Crippen molar-refractivity contribution in [3.8, 4) is 12.3 Å². The molecule has 0 unspecified atom stereocenters. The topological polar surface area (TPSA) is 26.0 Å². The van der Waals surface area contributed by atoms with E-state index in [0.29, 0.717) is 5.69 Å². The van der Waals surface area contributed by atoms with Crippen LogP contribution in [-0.2, 0) is 0 Å². The summed E-state index contributed by atoms with van der Waals surface area (Å²) in [6.07, 6.45) is 5.22. The Morgan fingerprint density at radius 2 is 2.18 bits per heavy atom. The largest absolute Gasteiger partial charge is 0.398 e. The molecule has 0 atom stereocenters. The average Bonchev–Trinajstić information content (AvgIpc) is 1.97. The number of aryl methyl sites for hydroxylation is 1. The third-order valence-corrected chi connectivity index (χ3v) is 2.34. The van der Waals surface area contributed by atoms with Gasteiger partial charge in [0.2, 0.25) is 0 Å². The summed E-state index contributed by atoms with van der Waals surface area (Å²) in [5.41, 5.74) is 8.13. The molecule has 0 aliphatic carbocycles. The lowest BCUT2D eigenvalue weighted by atomic mass is 10.1. The lowest BCUT2D eigenvalue weighted by molar-refractivity contribution is 1.42. The van der Waals surface area contributed by atoms with Crippen LogP contribution in [0.25, 0.3) is 0 Å². The first-order valence-electron chi connectivity index (χ1n) is 3.17. The maximum Gasteiger partial charge on any atom is 0.0484 e. The number of hydrogen-bond acceptors (Lipinski definition) is 1. The van der Waals surface area contributed by atoms with Gasteiger partial charge in [-0.05, 0) is 24.6 Å². The molecule has 0 bridgehead atoms. The molecule has 0 aliphatic heterocycles. The maximum atomic E-state index is 5.63. The molecule has 0 spiro atoms. The van der Waals surface area contributed by atoms with Crippen LogP contribution in [0.5, 0.6) is 0 Å². The molecule has 0 amide bonds. The Morgan fingerprint density at radius 1 is 1.55 bits per heavy atom. The fourth-order valence-corrected chi connectivity index (χ4v) is 1.18. The maximum absolute atomic E-state index is 5.63. The van der Waals surface area contributed by atoms with Gasteiger partial charge in [-0.2, -0.15) is 0 Å². The highest BCUT2D eigenvalue weighted by Gasteiger charge is 1.99. The summed E-state index contributed by atoms with van der Waals surface area (Å²) in [6.45, 7) is 1.98. The van der Waals surface area contributed by atoms with E-state index < -0.39 is 0 Å².